The molecule has 0 atom stereocenters. The molecule has 0 spiro atoms. The van der Waals surface area contributed by atoms with Gasteiger partial charge in [-0.25, -0.2) is 0 Å². The van der Waals surface area contributed by atoms with E-state index < -0.39 is 0 Å². The summed E-state index contributed by atoms with van der Waals surface area (Å²) in [6, 6.07) is 21.7. The second kappa shape index (κ2) is 8.79. The number of phenols is 3. The number of ether oxygens (including phenoxy) is 1. The fraction of sp³-hybridized carbons (Fsp3) is 0.143. The van der Waals surface area contributed by atoms with Gasteiger partial charge in [0.2, 0.25) is 0 Å². The van der Waals surface area contributed by atoms with Crippen LogP contribution in [0, 0.1) is 27.7 Å². The minimum absolute atomic E-state index is 0.0699. The van der Waals surface area contributed by atoms with Crippen LogP contribution in [-0.4, -0.2) is 15.3 Å². The third kappa shape index (κ3) is 4.30. The maximum Gasteiger partial charge on any atom is 0.151 e. The second-order valence-electron chi connectivity index (χ2n) is 8.24. The summed E-state index contributed by atoms with van der Waals surface area (Å²) in [5, 5.41) is 31.9. The molecule has 4 rings (SSSR count). The van der Waals surface area contributed by atoms with Crippen LogP contribution in [0.4, 0.5) is 17.1 Å². The Bertz CT molecular complexity index is 1280. The number of hydrogen-bond donors (Lipinski definition) is 3. The van der Waals surface area contributed by atoms with Crippen molar-refractivity contribution in [1.82, 2.24) is 0 Å². The molecule has 5 nitrogen and oxygen atoms in total. The van der Waals surface area contributed by atoms with Gasteiger partial charge in [-0.1, -0.05) is 30.3 Å². The van der Waals surface area contributed by atoms with Crippen molar-refractivity contribution in [2.24, 2.45) is 0 Å². The fourth-order valence-electron chi connectivity index (χ4n) is 3.79. The molecule has 0 fully saturated rings. The minimum Gasteiger partial charge on any atom is -0.507 e. The predicted octanol–water partition coefficient (Wildman–Crippen LogP) is 7.30. The number of aryl methyl sites for hydroxylation is 3. The summed E-state index contributed by atoms with van der Waals surface area (Å²) < 4.78 is 6.28. The number of nitrogens with zero attached hydrogens (tertiary/aromatic N) is 1. The van der Waals surface area contributed by atoms with Gasteiger partial charge in [-0.05, 0) is 86.8 Å². The zero-order valence-corrected chi connectivity index (χ0v) is 19.1. The molecule has 0 amide bonds. The molecule has 0 aliphatic rings. The van der Waals surface area contributed by atoms with Crippen LogP contribution in [0.1, 0.15) is 22.3 Å². The third-order valence-corrected chi connectivity index (χ3v) is 5.65. The van der Waals surface area contributed by atoms with Crippen LogP contribution in [-0.2, 0) is 0 Å². The summed E-state index contributed by atoms with van der Waals surface area (Å²) in [6.45, 7) is 7.52. The van der Waals surface area contributed by atoms with Crippen LogP contribution in [0.25, 0.3) is 0 Å². The van der Waals surface area contributed by atoms with E-state index in [2.05, 4.69) is 0 Å². The lowest BCUT2D eigenvalue weighted by Gasteiger charge is -2.29. The van der Waals surface area contributed by atoms with Crippen LogP contribution in [0.15, 0.2) is 72.8 Å². The largest absolute Gasteiger partial charge is 0.507 e. The Balaban J connectivity index is 1.93. The van der Waals surface area contributed by atoms with Gasteiger partial charge in [-0.2, -0.15) is 0 Å². The molecular weight excluding hydrogens is 414 g/mol. The molecule has 0 aromatic heterocycles. The number of aromatic hydroxyl groups is 3. The highest BCUT2D eigenvalue weighted by atomic mass is 16.5. The molecule has 0 bridgehead atoms. The molecule has 3 N–H and O–H groups in total. The first-order chi connectivity index (χ1) is 15.8. The molecule has 168 valence electrons. The Kier molecular flexibility index (Phi) is 5.88. The molecule has 4 aromatic carbocycles. The Morgan fingerprint density at radius 2 is 1.18 bits per heavy atom. The van der Waals surface area contributed by atoms with Crippen molar-refractivity contribution in [3.8, 4) is 28.7 Å². The van der Waals surface area contributed by atoms with Crippen LogP contribution >= 0.6 is 0 Å². The van der Waals surface area contributed by atoms with Crippen molar-refractivity contribution in [2.75, 3.05) is 4.90 Å². The highest BCUT2D eigenvalue weighted by molar-refractivity contribution is 5.86. The third-order valence-electron chi connectivity index (χ3n) is 5.65. The summed E-state index contributed by atoms with van der Waals surface area (Å²) in [4.78, 5) is 1.78. The molecule has 4 aromatic rings. The van der Waals surface area contributed by atoms with E-state index in [1.807, 2.05) is 75.4 Å². The first kappa shape index (κ1) is 22.1. The van der Waals surface area contributed by atoms with E-state index in [-0.39, 0.29) is 17.2 Å². The van der Waals surface area contributed by atoms with E-state index in [9.17, 15) is 15.3 Å². The van der Waals surface area contributed by atoms with Crippen molar-refractivity contribution in [3.63, 3.8) is 0 Å². The van der Waals surface area contributed by atoms with E-state index in [1.165, 1.54) is 0 Å². The Labute approximate surface area is 193 Å². The normalized spacial score (nSPS) is 10.8. The first-order valence-electron chi connectivity index (χ1n) is 10.7. The van der Waals surface area contributed by atoms with Crippen LogP contribution in [0.5, 0.6) is 28.7 Å². The molecule has 5 heteroatoms. The summed E-state index contributed by atoms with van der Waals surface area (Å²) >= 11 is 0. The molecule has 0 aliphatic carbocycles. The standard InChI is InChI=1S/C28H27NO4/c1-17-9-12-24(30)22(15-17)29(23-16-18(2)10-13-25(23)31)21-7-5-6-8-27(21)33-26-14-11-19(3)28(32)20(26)4/h5-16,30-32H,1-4H3. The lowest BCUT2D eigenvalue weighted by Crippen LogP contribution is -2.12. The van der Waals surface area contributed by atoms with Gasteiger partial charge in [0, 0.05) is 5.56 Å². The highest BCUT2D eigenvalue weighted by Crippen LogP contribution is 2.48. The quantitative estimate of drug-likeness (QED) is 0.303. The molecule has 0 unspecified atom stereocenters. The Morgan fingerprint density at radius 1 is 0.606 bits per heavy atom. The lowest BCUT2D eigenvalue weighted by molar-refractivity contribution is 0.445. The van der Waals surface area contributed by atoms with E-state index in [4.69, 9.17) is 4.74 Å². The van der Waals surface area contributed by atoms with Gasteiger partial charge >= 0.3 is 0 Å². The van der Waals surface area contributed by atoms with Gasteiger partial charge in [-0.15, -0.1) is 0 Å². The van der Waals surface area contributed by atoms with Crippen molar-refractivity contribution < 1.29 is 20.1 Å². The van der Waals surface area contributed by atoms with Crippen LogP contribution in [0.2, 0.25) is 0 Å². The maximum absolute atomic E-state index is 10.8. The topological polar surface area (TPSA) is 73.2 Å². The fourth-order valence-corrected chi connectivity index (χ4v) is 3.79. The Hall–Kier alpha value is -4.12. The average Bonchev–Trinajstić information content (AvgIpc) is 2.80. The molecule has 0 radical (unpaired) electrons. The van der Waals surface area contributed by atoms with Gasteiger partial charge in [-0.3, -0.25) is 4.90 Å². The first-order valence-corrected chi connectivity index (χ1v) is 10.7. The van der Waals surface area contributed by atoms with Crippen molar-refractivity contribution in [3.05, 3.63) is 95.1 Å². The van der Waals surface area contributed by atoms with Gasteiger partial charge < -0.3 is 20.1 Å². The summed E-state index contributed by atoms with van der Waals surface area (Å²) in [5.74, 6) is 1.36. The summed E-state index contributed by atoms with van der Waals surface area (Å²) in [7, 11) is 0. The number of anilines is 3. The average molecular weight is 442 g/mol. The SMILES string of the molecule is Cc1ccc(O)c(N(c2cc(C)ccc2O)c2ccccc2Oc2ccc(C)c(O)c2C)c1. The zero-order valence-electron chi connectivity index (χ0n) is 19.1. The second-order valence-corrected chi connectivity index (χ2v) is 8.24. The van der Waals surface area contributed by atoms with Crippen molar-refractivity contribution >= 4 is 17.1 Å². The highest BCUT2D eigenvalue weighted by Gasteiger charge is 2.23. The Morgan fingerprint density at radius 3 is 1.79 bits per heavy atom. The lowest BCUT2D eigenvalue weighted by atomic mass is 10.1. The number of para-hydroxylation sites is 2. The van der Waals surface area contributed by atoms with Gasteiger partial charge in [0.1, 0.15) is 23.0 Å². The van der Waals surface area contributed by atoms with Gasteiger partial charge in [0.25, 0.3) is 0 Å². The molecule has 0 saturated heterocycles. The monoisotopic (exact) mass is 441 g/mol. The van der Waals surface area contributed by atoms with Crippen molar-refractivity contribution in [1.29, 1.82) is 0 Å². The number of benzene rings is 4. The maximum atomic E-state index is 10.8. The zero-order chi connectivity index (χ0) is 23.7. The minimum atomic E-state index is 0.0699. The molecule has 0 aliphatic heterocycles. The van der Waals surface area contributed by atoms with E-state index in [1.54, 1.807) is 30.0 Å². The number of rotatable bonds is 5. The molecule has 0 heterocycles. The van der Waals surface area contributed by atoms with E-state index in [0.717, 1.165) is 16.7 Å². The number of hydrogen-bond acceptors (Lipinski definition) is 5. The van der Waals surface area contributed by atoms with Crippen LogP contribution in [0.3, 0.4) is 0 Å². The van der Waals surface area contributed by atoms with Crippen molar-refractivity contribution in [2.45, 2.75) is 27.7 Å². The van der Waals surface area contributed by atoms with E-state index in [0.29, 0.717) is 34.1 Å². The molecular formula is C28H27NO4. The van der Waals surface area contributed by atoms with Gasteiger partial charge in [0.05, 0.1) is 17.1 Å². The number of phenolic OH excluding ortho intramolecular Hbond substituents is 3. The van der Waals surface area contributed by atoms with Crippen LogP contribution < -0.4 is 9.64 Å². The van der Waals surface area contributed by atoms with E-state index >= 15 is 0 Å². The predicted molar refractivity (Wildman–Crippen MR) is 132 cm³/mol. The van der Waals surface area contributed by atoms with Gasteiger partial charge in [0.15, 0.2) is 5.75 Å². The smallest absolute Gasteiger partial charge is 0.151 e. The molecule has 33 heavy (non-hydrogen) atoms. The summed E-state index contributed by atoms with van der Waals surface area (Å²) in [6.07, 6.45) is 0. The molecule has 0 saturated carbocycles. The summed E-state index contributed by atoms with van der Waals surface area (Å²) in [5.41, 5.74) is 4.96.